The second kappa shape index (κ2) is 7.64. The van der Waals surface area contributed by atoms with Gasteiger partial charge in [-0.25, -0.2) is 9.18 Å². The lowest BCUT2D eigenvalue weighted by atomic mass is 10.2. The Bertz CT molecular complexity index is 684. The van der Waals surface area contributed by atoms with Crippen LogP contribution in [0, 0.1) is 17.1 Å². The molecule has 0 bridgehead atoms. The lowest BCUT2D eigenvalue weighted by molar-refractivity contribution is 0.247. The van der Waals surface area contributed by atoms with Crippen LogP contribution in [0.4, 0.5) is 14.9 Å². The van der Waals surface area contributed by atoms with Crippen molar-refractivity contribution in [3.8, 4) is 11.8 Å². The van der Waals surface area contributed by atoms with Gasteiger partial charge in [0.15, 0.2) is 0 Å². The molecular weight excluding hydrogens is 285 g/mol. The minimum atomic E-state index is -0.529. The second-order valence-corrected chi connectivity index (χ2v) is 4.34. The zero-order valence-corrected chi connectivity index (χ0v) is 11.7. The minimum absolute atomic E-state index is 0.0654. The maximum absolute atomic E-state index is 13.0. The first-order valence-electron chi connectivity index (χ1n) is 6.61. The van der Waals surface area contributed by atoms with Crippen molar-refractivity contribution in [2.75, 3.05) is 18.5 Å². The van der Waals surface area contributed by atoms with Crippen molar-refractivity contribution < 1.29 is 13.9 Å². The molecule has 0 aliphatic rings. The summed E-state index contributed by atoms with van der Waals surface area (Å²) < 4.78 is 18.4. The number of nitrogens with one attached hydrogen (secondary N) is 2. The Balaban J connectivity index is 1.78. The van der Waals surface area contributed by atoms with Crippen LogP contribution in [-0.4, -0.2) is 19.2 Å². The first-order valence-corrected chi connectivity index (χ1v) is 6.61. The molecule has 2 aromatic rings. The summed E-state index contributed by atoms with van der Waals surface area (Å²) in [5.74, 6) is 0.189. The summed E-state index contributed by atoms with van der Waals surface area (Å²) in [6, 6.07) is 14.1. The molecule has 2 N–H and O–H groups in total. The maximum Gasteiger partial charge on any atom is 0.319 e. The Labute approximate surface area is 127 Å². The summed E-state index contributed by atoms with van der Waals surface area (Å²) >= 11 is 0. The van der Waals surface area contributed by atoms with Gasteiger partial charge in [0.1, 0.15) is 24.2 Å². The predicted octanol–water partition coefficient (Wildman–Crippen LogP) is 2.90. The van der Waals surface area contributed by atoms with Gasteiger partial charge in [0.05, 0.1) is 17.8 Å². The molecule has 0 aliphatic carbocycles. The molecule has 2 aromatic carbocycles. The number of urea groups is 1. The number of hydrogen-bond donors (Lipinski definition) is 2. The maximum atomic E-state index is 13.0. The van der Waals surface area contributed by atoms with E-state index in [-0.39, 0.29) is 11.3 Å². The average molecular weight is 299 g/mol. The molecule has 5 nitrogen and oxygen atoms in total. The van der Waals surface area contributed by atoms with E-state index in [1.165, 1.54) is 12.1 Å². The Morgan fingerprint density at radius 1 is 1.23 bits per heavy atom. The van der Waals surface area contributed by atoms with Gasteiger partial charge in [0.25, 0.3) is 0 Å². The van der Waals surface area contributed by atoms with Crippen LogP contribution in [0.3, 0.4) is 0 Å². The van der Waals surface area contributed by atoms with E-state index < -0.39 is 11.8 Å². The minimum Gasteiger partial charge on any atom is -0.492 e. The number of para-hydroxylation sites is 1. The lowest BCUT2D eigenvalue weighted by Crippen LogP contribution is -2.32. The van der Waals surface area contributed by atoms with E-state index in [1.807, 2.05) is 36.4 Å². The molecule has 0 unspecified atom stereocenters. The van der Waals surface area contributed by atoms with Gasteiger partial charge in [-0.05, 0) is 30.3 Å². The SMILES string of the molecule is N#Cc1cc(F)ccc1NC(=O)NCCOc1ccccc1. The number of amides is 2. The summed E-state index contributed by atoms with van der Waals surface area (Å²) in [6.07, 6.45) is 0. The summed E-state index contributed by atoms with van der Waals surface area (Å²) in [6.45, 7) is 0.607. The van der Waals surface area contributed by atoms with E-state index in [0.29, 0.717) is 13.2 Å². The zero-order valence-electron chi connectivity index (χ0n) is 11.7. The van der Waals surface area contributed by atoms with Crippen LogP contribution >= 0.6 is 0 Å². The smallest absolute Gasteiger partial charge is 0.319 e. The molecule has 0 heterocycles. The summed E-state index contributed by atoms with van der Waals surface area (Å²) in [5, 5.41) is 14.0. The first-order chi connectivity index (χ1) is 10.7. The number of carbonyl (C=O) groups is 1. The average Bonchev–Trinajstić information content (AvgIpc) is 2.54. The number of anilines is 1. The lowest BCUT2D eigenvalue weighted by Gasteiger charge is -2.10. The van der Waals surface area contributed by atoms with Crippen molar-refractivity contribution >= 4 is 11.7 Å². The van der Waals surface area contributed by atoms with Gasteiger partial charge in [0.2, 0.25) is 0 Å². The van der Waals surface area contributed by atoms with Gasteiger partial charge >= 0.3 is 6.03 Å². The van der Waals surface area contributed by atoms with Crippen molar-refractivity contribution in [1.82, 2.24) is 5.32 Å². The highest BCUT2D eigenvalue weighted by Gasteiger charge is 2.07. The fourth-order valence-corrected chi connectivity index (χ4v) is 1.73. The third-order valence-electron chi connectivity index (χ3n) is 2.75. The van der Waals surface area contributed by atoms with E-state index in [4.69, 9.17) is 10.00 Å². The highest BCUT2D eigenvalue weighted by Crippen LogP contribution is 2.15. The van der Waals surface area contributed by atoms with E-state index in [2.05, 4.69) is 10.6 Å². The zero-order chi connectivity index (χ0) is 15.8. The molecule has 0 aliphatic heterocycles. The number of halogens is 1. The molecule has 2 amide bonds. The molecule has 0 radical (unpaired) electrons. The van der Waals surface area contributed by atoms with Gasteiger partial charge in [-0.3, -0.25) is 0 Å². The normalized spacial score (nSPS) is 9.64. The fourth-order valence-electron chi connectivity index (χ4n) is 1.73. The Morgan fingerprint density at radius 3 is 2.73 bits per heavy atom. The van der Waals surface area contributed by atoms with E-state index in [0.717, 1.165) is 11.8 Å². The highest BCUT2D eigenvalue weighted by atomic mass is 19.1. The number of nitrogens with zero attached hydrogens (tertiary/aromatic N) is 1. The Hall–Kier alpha value is -3.07. The van der Waals surface area contributed by atoms with Crippen molar-refractivity contribution in [1.29, 1.82) is 5.26 Å². The van der Waals surface area contributed by atoms with Gasteiger partial charge in [-0.2, -0.15) is 5.26 Å². The van der Waals surface area contributed by atoms with Gasteiger partial charge in [0, 0.05) is 0 Å². The molecule has 0 aromatic heterocycles. The van der Waals surface area contributed by atoms with Crippen LogP contribution in [0.15, 0.2) is 48.5 Å². The van der Waals surface area contributed by atoms with Crippen LogP contribution < -0.4 is 15.4 Å². The van der Waals surface area contributed by atoms with E-state index >= 15 is 0 Å². The number of hydrogen-bond acceptors (Lipinski definition) is 3. The highest BCUT2D eigenvalue weighted by molar-refractivity contribution is 5.90. The van der Waals surface area contributed by atoms with Gasteiger partial charge < -0.3 is 15.4 Å². The van der Waals surface area contributed by atoms with Crippen molar-refractivity contribution in [2.45, 2.75) is 0 Å². The molecule has 2 rings (SSSR count). The molecule has 0 fully saturated rings. The van der Waals surface area contributed by atoms with Crippen LogP contribution in [0.25, 0.3) is 0 Å². The molecule has 22 heavy (non-hydrogen) atoms. The Kier molecular flexibility index (Phi) is 5.32. The van der Waals surface area contributed by atoms with Crippen molar-refractivity contribution in [3.63, 3.8) is 0 Å². The molecule has 112 valence electrons. The van der Waals surface area contributed by atoms with Crippen LogP contribution in [0.1, 0.15) is 5.56 Å². The Morgan fingerprint density at radius 2 is 2.00 bits per heavy atom. The monoisotopic (exact) mass is 299 g/mol. The van der Waals surface area contributed by atoms with Crippen molar-refractivity contribution in [3.05, 3.63) is 59.9 Å². The van der Waals surface area contributed by atoms with Crippen LogP contribution in [0.5, 0.6) is 5.75 Å². The molecule has 0 spiro atoms. The summed E-state index contributed by atoms with van der Waals surface area (Å²) in [4.78, 5) is 11.7. The quantitative estimate of drug-likeness (QED) is 0.834. The topological polar surface area (TPSA) is 74.2 Å². The molecule has 6 heteroatoms. The first kappa shape index (κ1) is 15.3. The molecular formula is C16H14FN3O2. The molecule has 0 saturated heterocycles. The van der Waals surface area contributed by atoms with E-state index in [1.54, 1.807) is 0 Å². The second-order valence-electron chi connectivity index (χ2n) is 4.34. The van der Waals surface area contributed by atoms with E-state index in [9.17, 15) is 9.18 Å². The third-order valence-corrected chi connectivity index (χ3v) is 2.75. The van der Waals surface area contributed by atoms with Crippen molar-refractivity contribution in [2.24, 2.45) is 0 Å². The van der Waals surface area contributed by atoms with Gasteiger partial charge in [-0.15, -0.1) is 0 Å². The summed E-state index contributed by atoms with van der Waals surface area (Å²) in [5.41, 5.74) is 0.320. The fraction of sp³-hybridized carbons (Fsp3) is 0.125. The standard InChI is InChI=1S/C16H14FN3O2/c17-13-6-7-15(12(10-13)11-18)20-16(21)19-8-9-22-14-4-2-1-3-5-14/h1-7,10H,8-9H2,(H2,19,20,21). The van der Waals surface area contributed by atoms with Crippen LogP contribution in [-0.2, 0) is 0 Å². The number of benzene rings is 2. The summed E-state index contributed by atoms with van der Waals surface area (Å²) in [7, 11) is 0. The van der Waals surface area contributed by atoms with Gasteiger partial charge in [-0.1, -0.05) is 18.2 Å². The number of carbonyl (C=O) groups excluding carboxylic acids is 1. The number of rotatable bonds is 5. The largest absolute Gasteiger partial charge is 0.492 e. The number of ether oxygens (including phenoxy) is 1. The molecule has 0 atom stereocenters. The van der Waals surface area contributed by atoms with Crippen LogP contribution in [0.2, 0.25) is 0 Å². The number of nitriles is 1. The third kappa shape index (κ3) is 4.49. The molecule has 0 saturated carbocycles. The predicted molar refractivity (Wildman–Crippen MR) is 80.1 cm³/mol.